The molecule has 0 spiro atoms. The quantitative estimate of drug-likeness (QED) is 0.279. The number of ether oxygens (including phenoxy) is 3. The molecular weight excluding hydrogens is 478 g/mol. The Hall–Kier alpha value is -4.57. The molecule has 4 rings (SSSR count). The van der Waals surface area contributed by atoms with Crippen molar-refractivity contribution in [2.75, 3.05) is 12.3 Å². The number of aldehydes is 1. The van der Waals surface area contributed by atoms with Gasteiger partial charge in [-0.15, -0.1) is 0 Å². The lowest BCUT2D eigenvalue weighted by Gasteiger charge is -2.22. The molecule has 190 valence electrons. The van der Waals surface area contributed by atoms with Crippen LogP contribution in [0.25, 0.3) is 6.08 Å². The lowest BCUT2D eigenvalue weighted by atomic mass is 10.0. The van der Waals surface area contributed by atoms with Crippen LogP contribution in [0.1, 0.15) is 39.4 Å². The lowest BCUT2D eigenvalue weighted by molar-refractivity contribution is -0.104. The predicted molar refractivity (Wildman–Crippen MR) is 133 cm³/mol. The van der Waals surface area contributed by atoms with Crippen LogP contribution in [0.2, 0.25) is 0 Å². The molecular formula is C27H25N3O7. The first-order valence-corrected chi connectivity index (χ1v) is 11.5. The minimum Gasteiger partial charge on any atom is -0.459 e. The Labute approximate surface area is 212 Å². The van der Waals surface area contributed by atoms with Crippen LogP contribution in [0.15, 0.2) is 77.7 Å². The van der Waals surface area contributed by atoms with Gasteiger partial charge in [-0.1, -0.05) is 43.3 Å². The van der Waals surface area contributed by atoms with Gasteiger partial charge in [0, 0.05) is 17.7 Å². The van der Waals surface area contributed by atoms with Crippen LogP contribution in [-0.4, -0.2) is 46.6 Å². The van der Waals surface area contributed by atoms with E-state index in [1.807, 2.05) is 0 Å². The Morgan fingerprint density at radius 3 is 2.30 bits per heavy atom. The molecule has 0 bridgehead atoms. The van der Waals surface area contributed by atoms with Gasteiger partial charge in [0.25, 0.3) is 0 Å². The molecule has 0 saturated carbocycles. The number of nitrogens with two attached hydrogens (primary N) is 1. The van der Waals surface area contributed by atoms with Crippen LogP contribution in [0, 0.1) is 5.92 Å². The van der Waals surface area contributed by atoms with Crippen LogP contribution in [0.5, 0.6) is 0 Å². The summed E-state index contributed by atoms with van der Waals surface area (Å²) in [6, 6.07) is 16.9. The number of esters is 2. The number of carbonyl (C=O) groups excluding carboxylic acids is 3. The summed E-state index contributed by atoms with van der Waals surface area (Å²) in [5.41, 5.74) is 6.17. The van der Waals surface area contributed by atoms with Gasteiger partial charge in [0.1, 0.15) is 37.1 Å². The number of hydrogen-bond donors (Lipinski definition) is 1. The topological polar surface area (TPSA) is 140 Å². The summed E-state index contributed by atoms with van der Waals surface area (Å²) in [5, 5.41) is 0. The van der Waals surface area contributed by atoms with E-state index in [0.29, 0.717) is 23.0 Å². The molecule has 3 aromatic rings. The van der Waals surface area contributed by atoms with E-state index in [4.69, 9.17) is 19.9 Å². The molecule has 0 amide bonds. The van der Waals surface area contributed by atoms with Crippen LogP contribution in [0.4, 0.5) is 5.82 Å². The van der Waals surface area contributed by atoms with Gasteiger partial charge in [-0.05, 0) is 36.4 Å². The number of allylic oxidation sites excluding steroid dienone is 1. The predicted octanol–water partition coefficient (Wildman–Crippen LogP) is 2.65. The van der Waals surface area contributed by atoms with Crippen molar-refractivity contribution < 1.29 is 28.6 Å². The van der Waals surface area contributed by atoms with Crippen molar-refractivity contribution in [1.82, 2.24) is 9.55 Å². The molecule has 0 aliphatic carbocycles. The van der Waals surface area contributed by atoms with Gasteiger partial charge in [0.2, 0.25) is 0 Å². The van der Waals surface area contributed by atoms with E-state index in [0.717, 1.165) is 0 Å². The van der Waals surface area contributed by atoms with Crippen LogP contribution >= 0.6 is 0 Å². The van der Waals surface area contributed by atoms with Gasteiger partial charge in [-0.3, -0.25) is 9.36 Å². The summed E-state index contributed by atoms with van der Waals surface area (Å²) in [6.45, 7) is 1.52. The normalized spacial score (nSPS) is 21.0. The minimum absolute atomic E-state index is 0.0506. The molecule has 2 heterocycles. The van der Waals surface area contributed by atoms with E-state index in [1.54, 1.807) is 67.6 Å². The lowest BCUT2D eigenvalue weighted by Crippen LogP contribution is -2.35. The molecule has 4 unspecified atom stereocenters. The van der Waals surface area contributed by atoms with Crippen LogP contribution < -0.4 is 11.4 Å². The Morgan fingerprint density at radius 2 is 1.68 bits per heavy atom. The second-order valence-electron chi connectivity index (χ2n) is 8.39. The smallest absolute Gasteiger partial charge is 0.351 e. The maximum absolute atomic E-state index is 12.9. The third-order valence-corrected chi connectivity index (χ3v) is 5.93. The maximum Gasteiger partial charge on any atom is 0.351 e. The maximum atomic E-state index is 12.9. The first-order chi connectivity index (χ1) is 17.9. The van der Waals surface area contributed by atoms with Crippen molar-refractivity contribution >= 4 is 30.1 Å². The fourth-order valence-electron chi connectivity index (χ4n) is 4.05. The van der Waals surface area contributed by atoms with Crippen molar-refractivity contribution in [2.24, 2.45) is 5.92 Å². The molecule has 1 saturated heterocycles. The summed E-state index contributed by atoms with van der Waals surface area (Å²) >= 11 is 0. The van der Waals surface area contributed by atoms with Gasteiger partial charge in [0.15, 0.2) is 0 Å². The summed E-state index contributed by atoms with van der Waals surface area (Å²) < 4.78 is 18.6. The SMILES string of the molecule is CC1C(OC(=O)c2ccccc2)C(COC(=O)c2ccccc2)OC1n1cc(/C=C/C=O)c(N)nc1=O. The molecule has 1 aromatic heterocycles. The number of nitrogen functional groups attached to an aromatic ring is 1. The molecule has 0 radical (unpaired) electrons. The Morgan fingerprint density at radius 1 is 1.05 bits per heavy atom. The van der Waals surface area contributed by atoms with Gasteiger partial charge in [-0.2, -0.15) is 4.98 Å². The average molecular weight is 504 g/mol. The van der Waals surface area contributed by atoms with Crippen molar-refractivity contribution in [3.05, 3.63) is 100 Å². The highest BCUT2D eigenvalue weighted by Crippen LogP contribution is 2.37. The molecule has 1 aliphatic heterocycles. The molecule has 2 aromatic carbocycles. The second-order valence-corrected chi connectivity index (χ2v) is 8.39. The highest BCUT2D eigenvalue weighted by Gasteiger charge is 2.46. The van der Waals surface area contributed by atoms with Crippen LogP contribution in [0.3, 0.4) is 0 Å². The standard InChI is InChI=1S/C27H25N3O7/c1-17-22(37-26(33)19-11-6-3-7-12-19)21(16-35-25(32)18-9-4-2-5-10-18)36-24(17)30-15-20(13-8-14-31)23(28)29-27(30)34/h2-15,17,21-22,24H,16H2,1H3,(H2,28,29,34)/b13-8+. The zero-order valence-corrected chi connectivity index (χ0v) is 19.9. The van der Waals surface area contributed by atoms with Crippen LogP contribution in [-0.2, 0) is 19.0 Å². The van der Waals surface area contributed by atoms with Gasteiger partial charge in [0.05, 0.1) is 11.1 Å². The molecule has 1 fully saturated rings. The molecule has 37 heavy (non-hydrogen) atoms. The summed E-state index contributed by atoms with van der Waals surface area (Å²) in [4.78, 5) is 52.7. The van der Waals surface area contributed by atoms with E-state index >= 15 is 0 Å². The van der Waals surface area contributed by atoms with Gasteiger partial charge in [-0.25, -0.2) is 14.4 Å². The Bertz CT molecular complexity index is 1360. The zero-order chi connectivity index (χ0) is 26.4. The number of rotatable bonds is 8. The van der Waals surface area contributed by atoms with E-state index in [-0.39, 0.29) is 12.4 Å². The number of aromatic nitrogens is 2. The first-order valence-electron chi connectivity index (χ1n) is 11.5. The number of benzene rings is 2. The number of anilines is 1. The van der Waals surface area contributed by atoms with E-state index in [1.165, 1.54) is 22.9 Å². The van der Waals surface area contributed by atoms with Crippen molar-refractivity contribution in [1.29, 1.82) is 0 Å². The molecule has 10 nitrogen and oxygen atoms in total. The van der Waals surface area contributed by atoms with Gasteiger partial charge >= 0.3 is 17.6 Å². The third kappa shape index (κ3) is 5.81. The summed E-state index contributed by atoms with van der Waals surface area (Å²) in [6.07, 6.45) is 1.96. The van der Waals surface area contributed by atoms with E-state index < -0.39 is 42.0 Å². The highest BCUT2D eigenvalue weighted by atomic mass is 16.6. The number of nitrogens with zero attached hydrogens (tertiary/aromatic N) is 2. The Kier molecular flexibility index (Phi) is 7.89. The second kappa shape index (κ2) is 11.4. The minimum atomic E-state index is -0.919. The molecule has 2 N–H and O–H groups in total. The van der Waals surface area contributed by atoms with Crippen molar-refractivity contribution in [3.8, 4) is 0 Å². The fourth-order valence-corrected chi connectivity index (χ4v) is 4.05. The van der Waals surface area contributed by atoms with E-state index in [2.05, 4.69) is 4.98 Å². The highest BCUT2D eigenvalue weighted by molar-refractivity contribution is 5.90. The molecule has 10 heteroatoms. The zero-order valence-electron chi connectivity index (χ0n) is 19.9. The van der Waals surface area contributed by atoms with Crippen molar-refractivity contribution in [3.63, 3.8) is 0 Å². The molecule has 1 aliphatic rings. The summed E-state index contributed by atoms with van der Waals surface area (Å²) in [7, 11) is 0. The first kappa shape index (κ1) is 25.5. The molecule has 4 atom stereocenters. The van der Waals surface area contributed by atoms with Gasteiger partial charge < -0.3 is 19.9 Å². The average Bonchev–Trinajstić information content (AvgIpc) is 3.22. The summed E-state index contributed by atoms with van der Waals surface area (Å²) in [5.74, 6) is -1.75. The van der Waals surface area contributed by atoms with E-state index in [9.17, 15) is 19.2 Å². The fraction of sp³-hybridized carbons (Fsp3) is 0.222. The van der Waals surface area contributed by atoms with Crippen molar-refractivity contribution in [2.45, 2.75) is 25.4 Å². The third-order valence-electron chi connectivity index (χ3n) is 5.93. The number of hydrogen-bond acceptors (Lipinski definition) is 9. The number of carbonyl (C=O) groups is 3. The largest absolute Gasteiger partial charge is 0.459 e. The Balaban J connectivity index is 1.61. The monoisotopic (exact) mass is 503 g/mol.